The van der Waals surface area contributed by atoms with Crippen LogP contribution in [0, 0.1) is 5.92 Å². The Kier molecular flexibility index (Phi) is 3.98. The van der Waals surface area contributed by atoms with E-state index in [1.165, 1.54) is 0 Å². The largest absolute Gasteiger partial charge is 0.497 e. The third-order valence-corrected chi connectivity index (χ3v) is 4.15. The highest BCUT2D eigenvalue weighted by molar-refractivity contribution is 5.83. The summed E-state index contributed by atoms with van der Waals surface area (Å²) in [6, 6.07) is 7.42. The van der Waals surface area contributed by atoms with E-state index < -0.39 is 11.5 Å². The van der Waals surface area contributed by atoms with Gasteiger partial charge in [-0.15, -0.1) is 0 Å². The summed E-state index contributed by atoms with van der Waals surface area (Å²) in [6.07, 6.45) is 3.52. The number of rotatable bonds is 5. The van der Waals surface area contributed by atoms with Crippen LogP contribution in [0.25, 0.3) is 0 Å². The number of carboxylic acid groups (broad SMARTS) is 1. The Balaban J connectivity index is 2.23. The first-order valence-electron chi connectivity index (χ1n) is 6.78. The van der Waals surface area contributed by atoms with E-state index in [1.54, 1.807) is 7.11 Å². The predicted octanol–water partition coefficient (Wildman–Crippen LogP) is 3.14. The summed E-state index contributed by atoms with van der Waals surface area (Å²) in [5, 5.41) is 12.9. The highest BCUT2D eigenvalue weighted by atomic mass is 16.5. The predicted molar refractivity (Wildman–Crippen MR) is 74.6 cm³/mol. The molecule has 19 heavy (non-hydrogen) atoms. The fourth-order valence-corrected chi connectivity index (χ4v) is 3.06. The van der Waals surface area contributed by atoms with Gasteiger partial charge in [-0.2, -0.15) is 0 Å². The molecule has 0 aliphatic heterocycles. The van der Waals surface area contributed by atoms with Gasteiger partial charge >= 0.3 is 5.97 Å². The van der Waals surface area contributed by atoms with E-state index in [0.717, 1.165) is 30.7 Å². The molecule has 4 heteroatoms. The van der Waals surface area contributed by atoms with Gasteiger partial charge in [0.2, 0.25) is 0 Å². The molecule has 1 aliphatic carbocycles. The van der Waals surface area contributed by atoms with Crippen molar-refractivity contribution in [3.8, 4) is 5.75 Å². The van der Waals surface area contributed by atoms with Gasteiger partial charge in [-0.05, 0) is 43.0 Å². The second-order valence-corrected chi connectivity index (χ2v) is 5.13. The van der Waals surface area contributed by atoms with Gasteiger partial charge in [0.15, 0.2) is 0 Å². The van der Waals surface area contributed by atoms with E-state index in [1.807, 2.05) is 24.3 Å². The molecule has 2 rings (SSSR count). The topological polar surface area (TPSA) is 58.6 Å². The zero-order valence-electron chi connectivity index (χ0n) is 11.5. The summed E-state index contributed by atoms with van der Waals surface area (Å²) < 4.78 is 5.11. The number of anilines is 1. The summed E-state index contributed by atoms with van der Waals surface area (Å²) in [4.78, 5) is 11.7. The number of nitrogens with one attached hydrogen (secondary N) is 1. The lowest BCUT2D eigenvalue weighted by Crippen LogP contribution is -2.49. The molecule has 0 spiro atoms. The van der Waals surface area contributed by atoms with Crippen molar-refractivity contribution in [1.82, 2.24) is 0 Å². The molecule has 0 bridgehead atoms. The van der Waals surface area contributed by atoms with E-state index in [0.29, 0.717) is 6.42 Å². The summed E-state index contributed by atoms with van der Waals surface area (Å²) >= 11 is 0. The van der Waals surface area contributed by atoms with E-state index >= 15 is 0 Å². The van der Waals surface area contributed by atoms with Crippen LogP contribution < -0.4 is 10.1 Å². The number of ether oxygens (including phenoxy) is 1. The minimum atomic E-state index is -0.816. The summed E-state index contributed by atoms with van der Waals surface area (Å²) in [5.74, 6) is 0.216. The van der Waals surface area contributed by atoms with Gasteiger partial charge in [0.25, 0.3) is 0 Å². The average molecular weight is 263 g/mol. The highest BCUT2D eigenvalue weighted by Gasteiger charge is 2.48. The molecule has 2 N–H and O–H groups in total. The van der Waals surface area contributed by atoms with Crippen LogP contribution >= 0.6 is 0 Å². The molecule has 2 atom stereocenters. The quantitative estimate of drug-likeness (QED) is 0.856. The number of aliphatic carboxylic acids is 1. The number of hydrogen-bond acceptors (Lipinski definition) is 3. The van der Waals surface area contributed by atoms with Crippen molar-refractivity contribution in [1.29, 1.82) is 0 Å². The summed E-state index contributed by atoms with van der Waals surface area (Å²) in [5.41, 5.74) is 0.0205. The Morgan fingerprint density at radius 2 is 2.16 bits per heavy atom. The van der Waals surface area contributed by atoms with Crippen LogP contribution in [0.1, 0.15) is 32.6 Å². The molecule has 1 aromatic rings. The molecule has 1 saturated carbocycles. The van der Waals surface area contributed by atoms with Gasteiger partial charge in [-0.25, -0.2) is 4.79 Å². The molecule has 0 aromatic heterocycles. The molecule has 1 aromatic carbocycles. The second kappa shape index (κ2) is 5.51. The minimum Gasteiger partial charge on any atom is -0.497 e. The SMILES string of the molecule is CCC1CCCC1(Nc1ccc(OC)cc1)C(=O)O. The summed E-state index contributed by atoms with van der Waals surface area (Å²) in [6.45, 7) is 2.06. The molecule has 4 nitrogen and oxygen atoms in total. The Morgan fingerprint density at radius 3 is 2.68 bits per heavy atom. The first kappa shape index (κ1) is 13.7. The highest BCUT2D eigenvalue weighted by Crippen LogP contribution is 2.40. The Morgan fingerprint density at radius 1 is 1.47 bits per heavy atom. The number of methoxy groups -OCH3 is 1. The van der Waals surface area contributed by atoms with Crippen molar-refractivity contribution >= 4 is 11.7 Å². The van der Waals surface area contributed by atoms with Crippen LogP contribution in [-0.4, -0.2) is 23.7 Å². The van der Waals surface area contributed by atoms with Crippen molar-refractivity contribution in [2.45, 2.75) is 38.1 Å². The van der Waals surface area contributed by atoms with Gasteiger partial charge in [-0.3, -0.25) is 0 Å². The fraction of sp³-hybridized carbons (Fsp3) is 0.533. The van der Waals surface area contributed by atoms with Crippen LogP contribution in [-0.2, 0) is 4.79 Å². The Labute approximate surface area is 113 Å². The molecule has 1 aliphatic rings. The first-order valence-corrected chi connectivity index (χ1v) is 6.78. The van der Waals surface area contributed by atoms with Gasteiger partial charge in [-0.1, -0.05) is 19.8 Å². The smallest absolute Gasteiger partial charge is 0.329 e. The number of benzene rings is 1. The lowest BCUT2D eigenvalue weighted by molar-refractivity contribution is -0.143. The summed E-state index contributed by atoms with van der Waals surface area (Å²) in [7, 11) is 1.62. The molecule has 2 unspecified atom stereocenters. The van der Waals surface area contributed by atoms with Crippen LogP contribution in [0.2, 0.25) is 0 Å². The van der Waals surface area contributed by atoms with Crippen LogP contribution in [0.3, 0.4) is 0 Å². The van der Waals surface area contributed by atoms with Crippen LogP contribution in [0.4, 0.5) is 5.69 Å². The number of carbonyl (C=O) groups is 1. The van der Waals surface area contributed by atoms with E-state index in [4.69, 9.17) is 4.74 Å². The van der Waals surface area contributed by atoms with Crippen molar-refractivity contribution in [3.63, 3.8) is 0 Å². The third kappa shape index (κ3) is 2.53. The molecular formula is C15H21NO3. The average Bonchev–Trinajstić information content (AvgIpc) is 2.83. The standard InChI is InChI=1S/C15H21NO3/c1-3-11-5-4-10-15(11,14(17)18)16-12-6-8-13(19-2)9-7-12/h6-9,11,16H,3-5,10H2,1-2H3,(H,17,18). The van der Waals surface area contributed by atoms with Gasteiger partial charge in [0.1, 0.15) is 11.3 Å². The van der Waals surface area contributed by atoms with Crippen LogP contribution in [0.5, 0.6) is 5.75 Å². The number of hydrogen-bond donors (Lipinski definition) is 2. The zero-order valence-corrected chi connectivity index (χ0v) is 11.5. The fourth-order valence-electron chi connectivity index (χ4n) is 3.06. The maximum Gasteiger partial charge on any atom is 0.329 e. The molecule has 104 valence electrons. The van der Waals surface area contributed by atoms with E-state index in [2.05, 4.69) is 12.2 Å². The molecule has 0 heterocycles. The zero-order chi connectivity index (χ0) is 13.9. The normalized spacial score (nSPS) is 26.1. The monoisotopic (exact) mass is 263 g/mol. The first-order chi connectivity index (χ1) is 9.12. The number of carboxylic acids is 1. The van der Waals surface area contributed by atoms with Gasteiger partial charge in [0, 0.05) is 5.69 Å². The van der Waals surface area contributed by atoms with Crippen molar-refractivity contribution in [2.75, 3.05) is 12.4 Å². The maximum absolute atomic E-state index is 11.7. The van der Waals surface area contributed by atoms with Gasteiger partial charge in [0.05, 0.1) is 7.11 Å². The van der Waals surface area contributed by atoms with Gasteiger partial charge < -0.3 is 15.2 Å². The van der Waals surface area contributed by atoms with Crippen molar-refractivity contribution in [2.24, 2.45) is 5.92 Å². The Hall–Kier alpha value is -1.71. The molecule has 0 radical (unpaired) electrons. The third-order valence-electron chi connectivity index (χ3n) is 4.15. The molecule has 0 saturated heterocycles. The molecular weight excluding hydrogens is 242 g/mol. The van der Waals surface area contributed by atoms with E-state index in [-0.39, 0.29) is 5.92 Å². The van der Waals surface area contributed by atoms with Crippen LogP contribution in [0.15, 0.2) is 24.3 Å². The minimum absolute atomic E-state index is 0.187. The lowest BCUT2D eigenvalue weighted by Gasteiger charge is -2.33. The maximum atomic E-state index is 11.7. The van der Waals surface area contributed by atoms with Crippen molar-refractivity contribution < 1.29 is 14.6 Å². The second-order valence-electron chi connectivity index (χ2n) is 5.13. The molecule has 0 amide bonds. The van der Waals surface area contributed by atoms with Crippen molar-refractivity contribution in [3.05, 3.63) is 24.3 Å². The lowest BCUT2D eigenvalue weighted by atomic mass is 9.85. The van der Waals surface area contributed by atoms with E-state index in [9.17, 15) is 9.90 Å². The molecule has 1 fully saturated rings. The Bertz CT molecular complexity index is 443.